The lowest BCUT2D eigenvalue weighted by molar-refractivity contribution is 0.0951. The largest absolute Gasteiger partial charge is 0.396 e. The average Bonchev–Trinajstić information content (AvgIpc) is 2.22. The molecule has 3 nitrogen and oxygen atoms in total. The number of benzene rings is 1. The van der Waals surface area contributed by atoms with E-state index in [9.17, 15) is 4.79 Å². The van der Waals surface area contributed by atoms with E-state index in [0.29, 0.717) is 23.6 Å². The summed E-state index contributed by atoms with van der Waals surface area (Å²) >= 11 is 5.90. The second-order valence-electron chi connectivity index (χ2n) is 3.30. The Morgan fingerprint density at radius 2 is 2.27 bits per heavy atom. The number of aliphatic hydroxyl groups is 1. The van der Waals surface area contributed by atoms with Crippen LogP contribution in [0.25, 0.3) is 0 Å². The molecule has 1 amide bonds. The molecule has 1 aromatic rings. The third-order valence-electron chi connectivity index (χ3n) is 2.05. The molecule has 0 aromatic heterocycles. The van der Waals surface area contributed by atoms with Crippen LogP contribution in [0.15, 0.2) is 18.2 Å². The maximum atomic E-state index is 11.5. The Morgan fingerprint density at radius 3 is 2.87 bits per heavy atom. The summed E-state index contributed by atoms with van der Waals surface area (Å²) in [6.45, 7) is 2.44. The lowest BCUT2D eigenvalue weighted by Gasteiger charge is -2.05. The standard InChI is InChI=1S/C11H14ClNO2/c1-8-3-4-9(7-10(8)12)11(15)13-5-2-6-14/h3-4,7,14H,2,5-6H2,1H3,(H,13,15). The highest BCUT2D eigenvalue weighted by Gasteiger charge is 2.05. The Labute approximate surface area is 94.1 Å². The van der Waals surface area contributed by atoms with Gasteiger partial charge < -0.3 is 10.4 Å². The van der Waals surface area contributed by atoms with E-state index in [2.05, 4.69) is 5.32 Å². The monoisotopic (exact) mass is 227 g/mol. The highest BCUT2D eigenvalue weighted by atomic mass is 35.5. The number of aryl methyl sites for hydroxylation is 1. The Kier molecular flexibility index (Phi) is 4.59. The van der Waals surface area contributed by atoms with Gasteiger partial charge in [-0.25, -0.2) is 0 Å². The zero-order valence-electron chi connectivity index (χ0n) is 8.59. The minimum atomic E-state index is -0.162. The predicted molar refractivity (Wildman–Crippen MR) is 60.2 cm³/mol. The lowest BCUT2D eigenvalue weighted by Crippen LogP contribution is -2.24. The number of hydrogen-bond acceptors (Lipinski definition) is 2. The second kappa shape index (κ2) is 5.73. The molecule has 0 fully saturated rings. The highest BCUT2D eigenvalue weighted by Crippen LogP contribution is 2.16. The normalized spacial score (nSPS) is 10.1. The third-order valence-corrected chi connectivity index (χ3v) is 2.46. The molecule has 0 saturated carbocycles. The zero-order chi connectivity index (χ0) is 11.3. The summed E-state index contributed by atoms with van der Waals surface area (Å²) in [5.41, 5.74) is 1.49. The molecule has 0 aliphatic carbocycles. The van der Waals surface area contributed by atoms with E-state index in [4.69, 9.17) is 16.7 Å². The van der Waals surface area contributed by atoms with Crippen molar-refractivity contribution in [2.75, 3.05) is 13.2 Å². The van der Waals surface area contributed by atoms with Gasteiger partial charge in [0.1, 0.15) is 0 Å². The first kappa shape index (κ1) is 12.0. The van der Waals surface area contributed by atoms with Crippen LogP contribution in [0.1, 0.15) is 22.3 Å². The van der Waals surface area contributed by atoms with Crippen LogP contribution in [0.5, 0.6) is 0 Å². The Hall–Kier alpha value is -1.06. The van der Waals surface area contributed by atoms with Crippen molar-refractivity contribution in [3.8, 4) is 0 Å². The summed E-state index contributed by atoms with van der Waals surface area (Å²) in [7, 11) is 0. The summed E-state index contributed by atoms with van der Waals surface area (Å²) in [6.07, 6.45) is 0.561. The van der Waals surface area contributed by atoms with Crippen LogP contribution in [-0.4, -0.2) is 24.2 Å². The first-order chi connectivity index (χ1) is 7.15. The van der Waals surface area contributed by atoms with Gasteiger partial charge in [-0.2, -0.15) is 0 Å². The number of aliphatic hydroxyl groups excluding tert-OH is 1. The molecule has 0 aliphatic heterocycles. The fourth-order valence-corrected chi connectivity index (χ4v) is 1.30. The average molecular weight is 228 g/mol. The molecule has 1 aromatic carbocycles. The number of nitrogens with one attached hydrogen (secondary N) is 1. The smallest absolute Gasteiger partial charge is 0.251 e. The van der Waals surface area contributed by atoms with Gasteiger partial charge in [0.15, 0.2) is 0 Å². The Morgan fingerprint density at radius 1 is 1.53 bits per heavy atom. The van der Waals surface area contributed by atoms with Crippen LogP contribution in [-0.2, 0) is 0 Å². The van der Waals surface area contributed by atoms with Crippen LogP contribution in [0, 0.1) is 6.92 Å². The van der Waals surface area contributed by atoms with Gasteiger partial charge in [-0.3, -0.25) is 4.79 Å². The topological polar surface area (TPSA) is 49.3 Å². The fraction of sp³-hybridized carbons (Fsp3) is 0.364. The molecule has 0 bridgehead atoms. The molecule has 2 N–H and O–H groups in total. The Bertz CT molecular complexity index is 352. The van der Waals surface area contributed by atoms with E-state index < -0.39 is 0 Å². The van der Waals surface area contributed by atoms with Crippen molar-refractivity contribution >= 4 is 17.5 Å². The van der Waals surface area contributed by atoms with E-state index in [1.807, 2.05) is 13.0 Å². The van der Waals surface area contributed by atoms with Crippen molar-refractivity contribution in [2.45, 2.75) is 13.3 Å². The lowest BCUT2D eigenvalue weighted by atomic mass is 10.1. The first-order valence-electron chi connectivity index (χ1n) is 4.80. The molecular weight excluding hydrogens is 214 g/mol. The fourth-order valence-electron chi connectivity index (χ4n) is 1.12. The van der Waals surface area contributed by atoms with Crippen LogP contribution >= 0.6 is 11.6 Å². The molecule has 0 radical (unpaired) electrons. The summed E-state index contributed by atoms with van der Waals surface area (Å²) in [5, 5.41) is 11.8. The minimum Gasteiger partial charge on any atom is -0.396 e. The van der Waals surface area contributed by atoms with Crippen LogP contribution in [0.3, 0.4) is 0 Å². The summed E-state index contributed by atoms with van der Waals surface area (Å²) in [6, 6.07) is 5.18. The first-order valence-corrected chi connectivity index (χ1v) is 5.18. The molecule has 0 aliphatic rings. The SMILES string of the molecule is Cc1ccc(C(=O)NCCCO)cc1Cl. The van der Waals surface area contributed by atoms with Crippen molar-refractivity contribution < 1.29 is 9.90 Å². The van der Waals surface area contributed by atoms with Gasteiger partial charge in [0, 0.05) is 23.7 Å². The number of halogens is 1. The van der Waals surface area contributed by atoms with Crippen molar-refractivity contribution in [1.82, 2.24) is 5.32 Å². The number of amides is 1. The summed E-state index contributed by atoms with van der Waals surface area (Å²) < 4.78 is 0. The van der Waals surface area contributed by atoms with Gasteiger partial charge in [-0.05, 0) is 31.0 Å². The van der Waals surface area contributed by atoms with Crippen molar-refractivity contribution in [2.24, 2.45) is 0 Å². The molecule has 0 atom stereocenters. The van der Waals surface area contributed by atoms with E-state index in [1.165, 1.54) is 0 Å². The van der Waals surface area contributed by atoms with E-state index in [-0.39, 0.29) is 12.5 Å². The summed E-state index contributed by atoms with van der Waals surface area (Å²) in [5.74, 6) is -0.162. The molecule has 0 heterocycles. The molecule has 4 heteroatoms. The molecule has 82 valence electrons. The molecule has 1 rings (SSSR count). The van der Waals surface area contributed by atoms with Gasteiger partial charge in [0.05, 0.1) is 0 Å². The van der Waals surface area contributed by atoms with E-state index >= 15 is 0 Å². The molecule has 15 heavy (non-hydrogen) atoms. The van der Waals surface area contributed by atoms with Crippen molar-refractivity contribution in [3.63, 3.8) is 0 Å². The Balaban J connectivity index is 2.62. The molecule has 0 spiro atoms. The maximum Gasteiger partial charge on any atom is 0.251 e. The molecular formula is C11H14ClNO2. The number of carbonyl (C=O) groups excluding carboxylic acids is 1. The second-order valence-corrected chi connectivity index (χ2v) is 3.70. The third kappa shape index (κ3) is 3.53. The number of rotatable bonds is 4. The molecule has 0 saturated heterocycles. The minimum absolute atomic E-state index is 0.0783. The van der Waals surface area contributed by atoms with Gasteiger partial charge in [0.25, 0.3) is 5.91 Å². The highest BCUT2D eigenvalue weighted by molar-refractivity contribution is 6.31. The zero-order valence-corrected chi connectivity index (χ0v) is 9.34. The van der Waals surface area contributed by atoms with Crippen LogP contribution < -0.4 is 5.32 Å². The van der Waals surface area contributed by atoms with Gasteiger partial charge in [0.2, 0.25) is 0 Å². The van der Waals surface area contributed by atoms with Gasteiger partial charge in [-0.15, -0.1) is 0 Å². The number of hydrogen-bond donors (Lipinski definition) is 2. The maximum absolute atomic E-state index is 11.5. The van der Waals surface area contributed by atoms with Gasteiger partial charge in [-0.1, -0.05) is 17.7 Å². The van der Waals surface area contributed by atoms with Crippen LogP contribution in [0.2, 0.25) is 5.02 Å². The van der Waals surface area contributed by atoms with Gasteiger partial charge >= 0.3 is 0 Å². The summed E-state index contributed by atoms with van der Waals surface area (Å²) in [4.78, 5) is 11.5. The van der Waals surface area contributed by atoms with Crippen molar-refractivity contribution in [3.05, 3.63) is 34.3 Å². The van der Waals surface area contributed by atoms with Crippen molar-refractivity contribution in [1.29, 1.82) is 0 Å². The van der Waals surface area contributed by atoms with Crippen LogP contribution in [0.4, 0.5) is 0 Å². The number of carbonyl (C=O) groups is 1. The van der Waals surface area contributed by atoms with E-state index in [1.54, 1.807) is 12.1 Å². The van der Waals surface area contributed by atoms with E-state index in [0.717, 1.165) is 5.56 Å². The predicted octanol–water partition coefficient (Wildman–Crippen LogP) is 1.76. The molecule has 0 unspecified atom stereocenters. The quantitative estimate of drug-likeness (QED) is 0.771.